The van der Waals surface area contributed by atoms with Crippen LogP contribution in [0.4, 0.5) is 18.9 Å². The van der Waals surface area contributed by atoms with Gasteiger partial charge in [0.1, 0.15) is 0 Å². The van der Waals surface area contributed by atoms with E-state index >= 15 is 0 Å². The molecular weight excluding hydrogens is 327 g/mol. The van der Waals surface area contributed by atoms with Crippen molar-refractivity contribution in [2.75, 3.05) is 5.73 Å². The van der Waals surface area contributed by atoms with Gasteiger partial charge in [0.05, 0.1) is 5.69 Å². The summed E-state index contributed by atoms with van der Waals surface area (Å²) in [7, 11) is 0. The third-order valence-electron chi connectivity index (χ3n) is 3.90. The zero-order valence-electron chi connectivity index (χ0n) is 13.2. The van der Waals surface area contributed by atoms with Crippen LogP contribution in [-0.4, -0.2) is 6.36 Å². The number of nitrogen functional groups attached to an aromatic ring is 1. The minimum absolute atomic E-state index is 0.0162. The van der Waals surface area contributed by atoms with Crippen molar-refractivity contribution in [3.63, 3.8) is 0 Å². The Hall–Kier alpha value is -2.95. The second kappa shape index (κ2) is 6.89. The van der Waals surface area contributed by atoms with Crippen LogP contribution in [0.1, 0.15) is 22.6 Å². The molecule has 0 unspecified atom stereocenters. The van der Waals surface area contributed by atoms with E-state index in [0.717, 1.165) is 11.1 Å². The molecule has 0 aliphatic rings. The minimum atomic E-state index is -4.79. The molecule has 3 rings (SSSR count). The van der Waals surface area contributed by atoms with Crippen molar-refractivity contribution in [3.05, 3.63) is 95.6 Å². The molecule has 0 amide bonds. The number of hydrogen-bond acceptors (Lipinski definition) is 2. The van der Waals surface area contributed by atoms with Crippen LogP contribution in [0.25, 0.3) is 0 Å². The van der Waals surface area contributed by atoms with Gasteiger partial charge in [0.2, 0.25) is 0 Å². The largest absolute Gasteiger partial charge is 0.573 e. The number of hydrogen-bond donors (Lipinski definition) is 1. The first kappa shape index (κ1) is 16.9. The lowest BCUT2D eigenvalue weighted by Gasteiger charge is -2.22. The predicted octanol–water partition coefficient (Wildman–Crippen LogP) is 5.35. The molecule has 0 saturated heterocycles. The Kier molecular flexibility index (Phi) is 4.65. The maximum atomic E-state index is 12.6. The van der Waals surface area contributed by atoms with Crippen LogP contribution in [0.5, 0.6) is 5.75 Å². The maximum Gasteiger partial charge on any atom is 0.573 e. The zero-order valence-corrected chi connectivity index (χ0v) is 13.2. The van der Waals surface area contributed by atoms with Gasteiger partial charge in [0.25, 0.3) is 0 Å². The van der Waals surface area contributed by atoms with Crippen LogP contribution in [0.3, 0.4) is 0 Å². The van der Waals surface area contributed by atoms with Crippen molar-refractivity contribution in [1.29, 1.82) is 0 Å². The second-order valence-electron chi connectivity index (χ2n) is 5.56. The fourth-order valence-electron chi connectivity index (χ4n) is 2.87. The first-order valence-electron chi connectivity index (χ1n) is 7.70. The fourth-order valence-corrected chi connectivity index (χ4v) is 2.87. The summed E-state index contributed by atoms with van der Waals surface area (Å²) in [4.78, 5) is 0. The molecule has 0 aliphatic heterocycles. The molecule has 0 fully saturated rings. The maximum absolute atomic E-state index is 12.6. The van der Waals surface area contributed by atoms with E-state index in [0.29, 0.717) is 5.56 Å². The summed E-state index contributed by atoms with van der Waals surface area (Å²) >= 11 is 0. The highest BCUT2D eigenvalue weighted by atomic mass is 19.4. The standard InChI is InChI=1S/C20H16F3NO/c21-20(22,23)25-17-13-7-12-16(19(17)24)18(14-8-3-1-4-9-14)15-10-5-2-6-11-15/h1-13,18H,24H2. The third kappa shape index (κ3) is 3.94. The summed E-state index contributed by atoms with van der Waals surface area (Å²) in [5, 5.41) is 0. The Morgan fingerprint density at radius 2 is 1.24 bits per heavy atom. The summed E-state index contributed by atoms with van der Waals surface area (Å²) in [5.41, 5.74) is 8.46. The molecule has 2 nitrogen and oxygen atoms in total. The highest BCUT2D eigenvalue weighted by Gasteiger charge is 2.33. The van der Waals surface area contributed by atoms with Gasteiger partial charge >= 0.3 is 6.36 Å². The number of alkyl halides is 3. The Bertz CT molecular complexity index is 793. The van der Waals surface area contributed by atoms with E-state index in [4.69, 9.17) is 5.73 Å². The molecule has 0 aromatic heterocycles. The molecule has 0 aliphatic carbocycles. The Labute approximate surface area is 143 Å². The van der Waals surface area contributed by atoms with E-state index in [1.807, 2.05) is 60.7 Å². The van der Waals surface area contributed by atoms with Crippen molar-refractivity contribution in [2.45, 2.75) is 12.3 Å². The minimum Gasteiger partial charge on any atom is -0.404 e. The first-order chi connectivity index (χ1) is 12.0. The average Bonchev–Trinajstić information content (AvgIpc) is 2.59. The van der Waals surface area contributed by atoms with Gasteiger partial charge in [0.15, 0.2) is 5.75 Å². The molecular formula is C20H16F3NO. The molecule has 2 N–H and O–H groups in total. The van der Waals surface area contributed by atoms with Crippen LogP contribution in [-0.2, 0) is 0 Å². The number of ether oxygens (including phenoxy) is 1. The van der Waals surface area contributed by atoms with Crippen LogP contribution < -0.4 is 10.5 Å². The van der Waals surface area contributed by atoms with Gasteiger partial charge in [0, 0.05) is 5.92 Å². The fraction of sp³-hybridized carbons (Fsp3) is 0.100. The molecule has 3 aromatic rings. The van der Waals surface area contributed by atoms with Gasteiger partial charge in [-0.15, -0.1) is 13.2 Å². The first-order valence-corrected chi connectivity index (χ1v) is 7.70. The highest BCUT2D eigenvalue weighted by Crippen LogP contribution is 2.39. The van der Waals surface area contributed by atoms with Crippen LogP contribution >= 0.6 is 0 Å². The van der Waals surface area contributed by atoms with Crippen molar-refractivity contribution in [1.82, 2.24) is 0 Å². The third-order valence-corrected chi connectivity index (χ3v) is 3.90. The van der Waals surface area contributed by atoms with Crippen LogP contribution in [0, 0.1) is 0 Å². The summed E-state index contributed by atoms with van der Waals surface area (Å²) < 4.78 is 41.9. The number of para-hydroxylation sites is 1. The normalized spacial score (nSPS) is 11.5. The second-order valence-corrected chi connectivity index (χ2v) is 5.56. The lowest BCUT2D eigenvalue weighted by Crippen LogP contribution is -2.19. The Morgan fingerprint density at radius 3 is 1.72 bits per heavy atom. The van der Waals surface area contributed by atoms with Crippen LogP contribution in [0.2, 0.25) is 0 Å². The number of anilines is 1. The van der Waals surface area contributed by atoms with Crippen molar-refractivity contribution < 1.29 is 17.9 Å². The molecule has 0 atom stereocenters. The molecule has 0 saturated carbocycles. The summed E-state index contributed by atoms with van der Waals surface area (Å²) in [6, 6.07) is 23.5. The molecule has 128 valence electrons. The summed E-state index contributed by atoms with van der Waals surface area (Å²) in [6.45, 7) is 0. The highest BCUT2D eigenvalue weighted by molar-refractivity contribution is 5.63. The zero-order chi connectivity index (χ0) is 17.9. The number of nitrogens with two attached hydrogens (primary N) is 1. The topological polar surface area (TPSA) is 35.2 Å². The molecule has 25 heavy (non-hydrogen) atoms. The Balaban J connectivity index is 2.13. The molecule has 3 aromatic carbocycles. The van der Waals surface area contributed by atoms with Crippen molar-refractivity contribution in [3.8, 4) is 5.75 Å². The lowest BCUT2D eigenvalue weighted by molar-refractivity contribution is -0.274. The molecule has 0 bridgehead atoms. The van der Waals surface area contributed by atoms with Gasteiger partial charge in [-0.3, -0.25) is 0 Å². The molecule has 5 heteroatoms. The average molecular weight is 343 g/mol. The Morgan fingerprint density at radius 1 is 0.720 bits per heavy atom. The SMILES string of the molecule is Nc1c(OC(F)(F)F)cccc1C(c1ccccc1)c1ccccc1. The monoisotopic (exact) mass is 343 g/mol. The van der Waals surface area contributed by atoms with Crippen LogP contribution in [0.15, 0.2) is 78.9 Å². The smallest absolute Gasteiger partial charge is 0.404 e. The molecule has 0 heterocycles. The number of benzene rings is 3. The lowest BCUT2D eigenvalue weighted by atomic mass is 9.84. The van der Waals surface area contributed by atoms with E-state index in [9.17, 15) is 13.2 Å². The van der Waals surface area contributed by atoms with E-state index in [-0.39, 0.29) is 17.4 Å². The summed E-state index contributed by atoms with van der Waals surface area (Å²) in [5.74, 6) is -0.680. The molecule has 0 spiro atoms. The van der Waals surface area contributed by atoms with Gasteiger partial charge in [-0.25, -0.2) is 0 Å². The van der Waals surface area contributed by atoms with Crippen molar-refractivity contribution >= 4 is 5.69 Å². The van der Waals surface area contributed by atoms with E-state index in [1.165, 1.54) is 12.1 Å². The van der Waals surface area contributed by atoms with Crippen molar-refractivity contribution in [2.24, 2.45) is 0 Å². The van der Waals surface area contributed by atoms with Gasteiger partial charge in [-0.2, -0.15) is 0 Å². The quantitative estimate of drug-likeness (QED) is 0.512. The van der Waals surface area contributed by atoms with E-state index in [1.54, 1.807) is 6.07 Å². The van der Waals surface area contributed by atoms with E-state index < -0.39 is 6.36 Å². The van der Waals surface area contributed by atoms with Gasteiger partial charge < -0.3 is 10.5 Å². The number of halogens is 3. The predicted molar refractivity (Wildman–Crippen MR) is 91.4 cm³/mol. The van der Waals surface area contributed by atoms with Gasteiger partial charge in [-0.1, -0.05) is 72.8 Å². The molecule has 0 radical (unpaired) electrons. The summed E-state index contributed by atoms with van der Waals surface area (Å²) in [6.07, 6.45) is -4.79. The van der Waals surface area contributed by atoms with E-state index in [2.05, 4.69) is 4.74 Å². The number of rotatable bonds is 4. The van der Waals surface area contributed by atoms with Gasteiger partial charge in [-0.05, 0) is 22.8 Å².